The molecule has 1 saturated heterocycles. The molecule has 0 bridgehead atoms. The molecule has 0 radical (unpaired) electrons. The number of nitrogens with zero attached hydrogens (tertiary/aromatic N) is 1. The van der Waals surface area contributed by atoms with E-state index in [1.165, 1.54) is 0 Å². The highest BCUT2D eigenvalue weighted by molar-refractivity contribution is 8.18. The summed E-state index contributed by atoms with van der Waals surface area (Å²) in [5.41, 5.74) is 1.30. The lowest BCUT2D eigenvalue weighted by molar-refractivity contribution is -0.127. The van der Waals surface area contributed by atoms with Crippen LogP contribution >= 0.6 is 23.4 Å². The molecule has 1 aliphatic rings. The van der Waals surface area contributed by atoms with Crippen molar-refractivity contribution in [1.82, 2.24) is 4.90 Å². The first kappa shape index (κ1) is 20.0. The van der Waals surface area contributed by atoms with E-state index in [4.69, 9.17) is 16.3 Å². The minimum Gasteiger partial charge on any atom is -0.494 e. The van der Waals surface area contributed by atoms with Gasteiger partial charge in [0.1, 0.15) is 12.3 Å². The summed E-state index contributed by atoms with van der Waals surface area (Å²) in [6.45, 7) is 2.08. The Hall–Kier alpha value is -2.77. The van der Waals surface area contributed by atoms with Gasteiger partial charge in [-0.05, 0) is 66.7 Å². The Kier molecular flexibility index (Phi) is 6.38. The van der Waals surface area contributed by atoms with Crippen molar-refractivity contribution in [2.45, 2.75) is 6.92 Å². The van der Waals surface area contributed by atoms with Gasteiger partial charge in [-0.15, -0.1) is 0 Å². The summed E-state index contributed by atoms with van der Waals surface area (Å²) in [5.74, 6) is -0.259. The number of hydrogen-bond acceptors (Lipinski definition) is 5. The Morgan fingerprint density at radius 2 is 1.82 bits per heavy atom. The molecule has 1 heterocycles. The van der Waals surface area contributed by atoms with Crippen molar-refractivity contribution in [2.75, 3.05) is 18.5 Å². The molecular formula is C20H17ClN2O4S. The number of halogens is 1. The summed E-state index contributed by atoms with van der Waals surface area (Å²) in [6, 6.07) is 13.7. The van der Waals surface area contributed by atoms with E-state index < -0.39 is 17.1 Å². The highest BCUT2D eigenvalue weighted by Gasteiger charge is 2.36. The van der Waals surface area contributed by atoms with Crippen LogP contribution in [-0.4, -0.2) is 35.1 Å². The number of thioether (sulfide) groups is 1. The molecule has 1 aliphatic heterocycles. The summed E-state index contributed by atoms with van der Waals surface area (Å²) >= 11 is 6.65. The van der Waals surface area contributed by atoms with E-state index in [0.717, 1.165) is 22.2 Å². The van der Waals surface area contributed by atoms with Gasteiger partial charge >= 0.3 is 0 Å². The molecule has 2 aromatic carbocycles. The number of anilines is 1. The molecule has 3 amide bonds. The summed E-state index contributed by atoms with van der Waals surface area (Å²) in [4.78, 5) is 38.1. The molecule has 6 nitrogen and oxygen atoms in total. The van der Waals surface area contributed by atoms with Crippen LogP contribution in [0.4, 0.5) is 10.5 Å². The first-order valence-electron chi connectivity index (χ1n) is 8.50. The smallest absolute Gasteiger partial charge is 0.294 e. The zero-order chi connectivity index (χ0) is 20.1. The van der Waals surface area contributed by atoms with Crippen molar-refractivity contribution in [3.05, 3.63) is 64.0 Å². The Morgan fingerprint density at radius 1 is 1.14 bits per heavy atom. The van der Waals surface area contributed by atoms with Crippen LogP contribution in [0.3, 0.4) is 0 Å². The number of amides is 3. The molecule has 0 unspecified atom stereocenters. The number of imide groups is 1. The van der Waals surface area contributed by atoms with Crippen molar-refractivity contribution >= 4 is 52.2 Å². The molecule has 0 atom stereocenters. The summed E-state index contributed by atoms with van der Waals surface area (Å²) in [6.07, 6.45) is 1.60. The summed E-state index contributed by atoms with van der Waals surface area (Å²) < 4.78 is 5.34. The van der Waals surface area contributed by atoms with Gasteiger partial charge in [0.25, 0.3) is 11.1 Å². The Balaban J connectivity index is 1.63. The van der Waals surface area contributed by atoms with E-state index in [2.05, 4.69) is 5.32 Å². The zero-order valence-electron chi connectivity index (χ0n) is 15.0. The second-order valence-corrected chi connectivity index (χ2v) is 7.25. The average molecular weight is 417 g/mol. The number of benzene rings is 2. The maximum Gasteiger partial charge on any atom is 0.294 e. The Labute approximate surface area is 171 Å². The van der Waals surface area contributed by atoms with Crippen molar-refractivity contribution < 1.29 is 19.1 Å². The van der Waals surface area contributed by atoms with Crippen molar-refractivity contribution in [2.24, 2.45) is 0 Å². The van der Waals surface area contributed by atoms with Crippen LogP contribution in [0.1, 0.15) is 12.5 Å². The zero-order valence-corrected chi connectivity index (χ0v) is 16.5. The molecule has 3 rings (SSSR count). The topological polar surface area (TPSA) is 75.7 Å². The van der Waals surface area contributed by atoms with Crippen molar-refractivity contribution in [1.29, 1.82) is 0 Å². The molecule has 0 spiro atoms. The SMILES string of the molecule is CCOc1ccc(NC(=O)CN2C(=O)S/C(=C/c3ccc(Cl)cc3)C2=O)cc1. The molecule has 28 heavy (non-hydrogen) atoms. The molecule has 1 fully saturated rings. The lowest BCUT2D eigenvalue weighted by Gasteiger charge is -2.12. The fourth-order valence-corrected chi connectivity index (χ4v) is 3.46. The van der Waals surface area contributed by atoms with Gasteiger partial charge in [0.2, 0.25) is 5.91 Å². The van der Waals surface area contributed by atoms with Crippen LogP contribution in [0, 0.1) is 0 Å². The number of nitrogens with one attached hydrogen (secondary N) is 1. The molecule has 2 aromatic rings. The molecule has 0 aliphatic carbocycles. The summed E-state index contributed by atoms with van der Waals surface area (Å²) in [5, 5.41) is 2.77. The quantitative estimate of drug-likeness (QED) is 0.706. The fraction of sp³-hybridized carbons (Fsp3) is 0.150. The number of carbonyl (C=O) groups excluding carboxylic acids is 3. The first-order valence-corrected chi connectivity index (χ1v) is 9.69. The van der Waals surface area contributed by atoms with Crippen LogP contribution in [0.5, 0.6) is 5.75 Å². The van der Waals surface area contributed by atoms with Gasteiger partial charge in [0.05, 0.1) is 11.5 Å². The molecule has 8 heteroatoms. The van der Waals surface area contributed by atoms with Crippen LogP contribution in [0.2, 0.25) is 5.02 Å². The van der Waals surface area contributed by atoms with E-state index in [1.807, 2.05) is 6.92 Å². The number of carbonyl (C=O) groups is 3. The lowest BCUT2D eigenvalue weighted by atomic mass is 10.2. The summed E-state index contributed by atoms with van der Waals surface area (Å²) in [7, 11) is 0. The van der Waals surface area contributed by atoms with E-state index in [9.17, 15) is 14.4 Å². The van der Waals surface area contributed by atoms with Gasteiger partial charge in [-0.2, -0.15) is 0 Å². The van der Waals surface area contributed by atoms with Crippen LogP contribution in [0.25, 0.3) is 6.08 Å². The molecule has 144 valence electrons. The Bertz CT molecular complexity index is 926. The van der Waals surface area contributed by atoms with Gasteiger partial charge in [0.15, 0.2) is 0 Å². The fourth-order valence-electron chi connectivity index (χ4n) is 2.49. The van der Waals surface area contributed by atoms with Gasteiger partial charge in [-0.3, -0.25) is 19.3 Å². The third kappa shape index (κ3) is 4.94. The molecule has 1 N–H and O–H groups in total. The highest BCUT2D eigenvalue weighted by atomic mass is 35.5. The Morgan fingerprint density at radius 3 is 2.46 bits per heavy atom. The van der Waals surface area contributed by atoms with E-state index in [-0.39, 0.29) is 11.4 Å². The highest BCUT2D eigenvalue weighted by Crippen LogP contribution is 2.32. The number of rotatable bonds is 6. The normalized spacial score (nSPS) is 15.2. The maximum atomic E-state index is 12.5. The predicted molar refractivity (Wildman–Crippen MR) is 110 cm³/mol. The predicted octanol–water partition coefficient (Wildman–Crippen LogP) is 4.41. The standard InChI is InChI=1S/C20H17ClN2O4S/c1-2-27-16-9-7-15(8-10-16)22-18(24)12-23-19(25)17(28-20(23)26)11-13-3-5-14(21)6-4-13/h3-11H,2,12H2,1H3,(H,22,24)/b17-11+. The third-order valence-corrected chi connectivity index (χ3v) is 4.95. The minimum atomic E-state index is -0.494. The monoisotopic (exact) mass is 416 g/mol. The third-order valence-electron chi connectivity index (χ3n) is 3.79. The average Bonchev–Trinajstić information content (AvgIpc) is 2.93. The first-order chi connectivity index (χ1) is 13.5. The minimum absolute atomic E-state index is 0.265. The van der Waals surface area contributed by atoms with E-state index >= 15 is 0 Å². The molecule has 0 saturated carbocycles. The number of ether oxygens (including phenoxy) is 1. The second-order valence-electron chi connectivity index (χ2n) is 5.82. The van der Waals surface area contributed by atoms with Gasteiger partial charge < -0.3 is 10.1 Å². The van der Waals surface area contributed by atoms with E-state index in [1.54, 1.807) is 54.6 Å². The van der Waals surface area contributed by atoms with Crippen LogP contribution < -0.4 is 10.1 Å². The van der Waals surface area contributed by atoms with Crippen molar-refractivity contribution in [3.8, 4) is 5.75 Å². The maximum absolute atomic E-state index is 12.5. The second kappa shape index (κ2) is 8.95. The molecular weight excluding hydrogens is 400 g/mol. The lowest BCUT2D eigenvalue weighted by Crippen LogP contribution is -2.36. The van der Waals surface area contributed by atoms with Gasteiger partial charge in [-0.25, -0.2) is 0 Å². The van der Waals surface area contributed by atoms with Crippen LogP contribution in [-0.2, 0) is 9.59 Å². The van der Waals surface area contributed by atoms with Gasteiger partial charge in [-0.1, -0.05) is 23.7 Å². The number of hydrogen-bond donors (Lipinski definition) is 1. The van der Waals surface area contributed by atoms with Gasteiger partial charge in [0, 0.05) is 10.7 Å². The largest absolute Gasteiger partial charge is 0.494 e. The molecule has 0 aromatic heterocycles. The van der Waals surface area contributed by atoms with Crippen LogP contribution in [0.15, 0.2) is 53.4 Å². The van der Waals surface area contributed by atoms with E-state index in [0.29, 0.717) is 23.1 Å². The van der Waals surface area contributed by atoms with Crippen molar-refractivity contribution in [3.63, 3.8) is 0 Å².